The molecule has 0 aliphatic heterocycles. The zero-order valence-electron chi connectivity index (χ0n) is 17.2. The molecule has 8 heteroatoms. The van der Waals surface area contributed by atoms with Gasteiger partial charge in [0.15, 0.2) is 0 Å². The van der Waals surface area contributed by atoms with E-state index in [9.17, 15) is 13.2 Å². The van der Waals surface area contributed by atoms with Crippen LogP contribution in [0.25, 0.3) is 10.9 Å². The number of rotatable bonds is 12. The lowest BCUT2D eigenvalue weighted by Crippen LogP contribution is -2.13. The van der Waals surface area contributed by atoms with E-state index in [2.05, 4.69) is 9.71 Å². The van der Waals surface area contributed by atoms with Crippen LogP contribution >= 0.6 is 0 Å². The van der Waals surface area contributed by atoms with Crippen LogP contribution in [-0.2, 0) is 14.8 Å². The summed E-state index contributed by atoms with van der Waals surface area (Å²) in [4.78, 5) is 14.8. The van der Waals surface area contributed by atoms with E-state index >= 15 is 0 Å². The summed E-state index contributed by atoms with van der Waals surface area (Å²) >= 11 is 0. The fourth-order valence-electron chi connectivity index (χ4n) is 3.22. The second kappa shape index (κ2) is 10.8. The van der Waals surface area contributed by atoms with Gasteiger partial charge < -0.3 is 9.84 Å². The maximum Gasteiger partial charge on any atom is 0.303 e. The lowest BCUT2D eigenvalue weighted by Gasteiger charge is -2.11. The zero-order valence-corrected chi connectivity index (χ0v) is 18.0. The molecular formula is C23H26N2O5S. The molecule has 31 heavy (non-hydrogen) atoms. The molecule has 3 aromatic rings. The molecule has 0 saturated heterocycles. The van der Waals surface area contributed by atoms with Crippen molar-refractivity contribution in [3.8, 4) is 5.75 Å². The lowest BCUT2D eigenvalue weighted by molar-refractivity contribution is -0.137. The first-order valence-electron chi connectivity index (χ1n) is 10.3. The minimum Gasteiger partial charge on any atom is -0.494 e. The quantitative estimate of drug-likeness (QED) is 0.389. The van der Waals surface area contributed by atoms with Crippen molar-refractivity contribution < 1.29 is 23.1 Å². The number of carboxylic acids is 1. The number of unbranched alkanes of at least 4 members (excludes halogenated alkanes) is 4. The summed E-state index contributed by atoms with van der Waals surface area (Å²) in [6, 6.07) is 15.4. The van der Waals surface area contributed by atoms with Gasteiger partial charge in [0.1, 0.15) is 10.6 Å². The monoisotopic (exact) mass is 442 g/mol. The first-order valence-corrected chi connectivity index (χ1v) is 11.8. The molecule has 0 radical (unpaired) electrons. The highest BCUT2D eigenvalue weighted by atomic mass is 32.2. The SMILES string of the molecule is O=C(O)CCCCCCCOc1ccc(NS(=O)(=O)c2cccc3cccnc23)cc1. The lowest BCUT2D eigenvalue weighted by atomic mass is 10.1. The number of ether oxygens (including phenoxy) is 1. The Balaban J connectivity index is 1.49. The molecule has 0 aliphatic rings. The molecule has 0 aliphatic carbocycles. The highest BCUT2D eigenvalue weighted by Crippen LogP contribution is 2.24. The van der Waals surface area contributed by atoms with Gasteiger partial charge >= 0.3 is 5.97 Å². The minimum atomic E-state index is -3.78. The molecule has 0 bridgehead atoms. The molecule has 1 aromatic heterocycles. The van der Waals surface area contributed by atoms with Crippen LogP contribution in [0.2, 0.25) is 0 Å². The van der Waals surface area contributed by atoms with Gasteiger partial charge in [0.2, 0.25) is 0 Å². The number of hydrogen-bond donors (Lipinski definition) is 2. The van der Waals surface area contributed by atoms with Gasteiger partial charge in [-0.3, -0.25) is 14.5 Å². The van der Waals surface area contributed by atoms with Gasteiger partial charge in [-0.05, 0) is 49.2 Å². The number of carbonyl (C=O) groups is 1. The van der Waals surface area contributed by atoms with Crippen LogP contribution in [0, 0.1) is 0 Å². The maximum absolute atomic E-state index is 12.8. The molecule has 1 heterocycles. The van der Waals surface area contributed by atoms with Gasteiger partial charge in [-0.2, -0.15) is 0 Å². The van der Waals surface area contributed by atoms with Crippen molar-refractivity contribution >= 4 is 32.6 Å². The van der Waals surface area contributed by atoms with Gasteiger partial charge in [-0.15, -0.1) is 0 Å². The predicted octanol–water partition coefficient (Wildman–Crippen LogP) is 4.84. The molecule has 164 valence electrons. The Hall–Kier alpha value is -3.13. The van der Waals surface area contributed by atoms with Crippen molar-refractivity contribution in [2.24, 2.45) is 0 Å². The summed E-state index contributed by atoms with van der Waals surface area (Å²) in [7, 11) is -3.78. The van der Waals surface area contributed by atoms with Gasteiger partial charge in [-0.1, -0.05) is 37.5 Å². The number of aliphatic carboxylic acids is 1. The number of carboxylic acid groups (broad SMARTS) is 1. The molecule has 2 aromatic carbocycles. The van der Waals surface area contributed by atoms with Crippen LogP contribution in [0.3, 0.4) is 0 Å². The topological polar surface area (TPSA) is 106 Å². The second-order valence-electron chi connectivity index (χ2n) is 7.22. The number of nitrogens with one attached hydrogen (secondary N) is 1. The highest BCUT2D eigenvalue weighted by molar-refractivity contribution is 7.93. The largest absolute Gasteiger partial charge is 0.494 e. The van der Waals surface area contributed by atoms with E-state index in [4.69, 9.17) is 9.84 Å². The highest BCUT2D eigenvalue weighted by Gasteiger charge is 2.18. The number of anilines is 1. The molecule has 2 N–H and O–H groups in total. The van der Waals surface area contributed by atoms with E-state index in [0.29, 0.717) is 30.0 Å². The van der Waals surface area contributed by atoms with E-state index in [-0.39, 0.29) is 11.3 Å². The minimum absolute atomic E-state index is 0.134. The smallest absolute Gasteiger partial charge is 0.303 e. The number of para-hydroxylation sites is 1. The maximum atomic E-state index is 12.8. The van der Waals surface area contributed by atoms with Crippen molar-refractivity contribution in [2.75, 3.05) is 11.3 Å². The third-order valence-corrected chi connectivity index (χ3v) is 6.21. The summed E-state index contributed by atoms with van der Waals surface area (Å²) in [6.07, 6.45) is 6.27. The average molecular weight is 443 g/mol. The van der Waals surface area contributed by atoms with Crippen LogP contribution < -0.4 is 9.46 Å². The Bertz CT molecular complexity index is 1110. The zero-order chi connectivity index (χ0) is 22.1. The van der Waals surface area contributed by atoms with Crippen molar-refractivity contribution in [1.29, 1.82) is 0 Å². The van der Waals surface area contributed by atoms with Crippen LogP contribution in [-0.4, -0.2) is 31.1 Å². The summed E-state index contributed by atoms with van der Waals surface area (Å²) < 4.78 is 34.0. The third-order valence-electron chi connectivity index (χ3n) is 4.80. The van der Waals surface area contributed by atoms with Gasteiger partial charge in [0.05, 0.1) is 12.1 Å². The molecule has 0 saturated carbocycles. The molecule has 0 amide bonds. The Kier molecular flexibility index (Phi) is 7.83. The molecule has 0 unspecified atom stereocenters. The fraction of sp³-hybridized carbons (Fsp3) is 0.304. The van der Waals surface area contributed by atoms with E-state index in [1.165, 1.54) is 6.07 Å². The number of benzene rings is 2. The van der Waals surface area contributed by atoms with E-state index in [1.54, 1.807) is 42.6 Å². The number of fused-ring (bicyclic) bond motifs is 1. The van der Waals surface area contributed by atoms with Crippen molar-refractivity contribution in [3.63, 3.8) is 0 Å². The summed E-state index contributed by atoms with van der Waals surface area (Å²) in [5.41, 5.74) is 0.874. The Morgan fingerprint density at radius 2 is 1.65 bits per heavy atom. The van der Waals surface area contributed by atoms with Crippen LogP contribution in [0.1, 0.15) is 38.5 Å². The van der Waals surface area contributed by atoms with Crippen LogP contribution in [0.4, 0.5) is 5.69 Å². The predicted molar refractivity (Wildman–Crippen MR) is 120 cm³/mol. The molecule has 0 spiro atoms. The molecule has 0 fully saturated rings. The first-order chi connectivity index (χ1) is 15.0. The molecule has 7 nitrogen and oxygen atoms in total. The van der Waals surface area contributed by atoms with E-state index in [0.717, 1.165) is 31.1 Å². The Labute approximate surface area is 182 Å². The van der Waals surface area contributed by atoms with Gasteiger partial charge in [-0.25, -0.2) is 8.42 Å². The summed E-state index contributed by atoms with van der Waals surface area (Å²) in [5, 5.41) is 9.36. The van der Waals surface area contributed by atoms with Gasteiger partial charge in [0, 0.05) is 23.7 Å². The fourth-order valence-corrected chi connectivity index (χ4v) is 4.46. The first kappa shape index (κ1) is 22.6. The number of sulfonamides is 1. The van der Waals surface area contributed by atoms with Crippen molar-refractivity contribution in [1.82, 2.24) is 4.98 Å². The van der Waals surface area contributed by atoms with Crippen LogP contribution in [0.5, 0.6) is 5.75 Å². The molecule has 3 rings (SSSR count). The van der Waals surface area contributed by atoms with Crippen molar-refractivity contribution in [3.05, 3.63) is 60.8 Å². The Morgan fingerprint density at radius 1 is 0.935 bits per heavy atom. The standard InChI is InChI=1S/C23H26N2O5S/c26-22(27)11-4-2-1-3-5-17-30-20-14-12-19(13-15-20)25-31(28,29)21-10-6-8-18-9-7-16-24-23(18)21/h6-10,12-16,25H,1-5,11,17H2,(H,26,27). The Morgan fingerprint density at radius 3 is 2.42 bits per heavy atom. The molecular weight excluding hydrogens is 416 g/mol. The van der Waals surface area contributed by atoms with E-state index < -0.39 is 16.0 Å². The second-order valence-corrected chi connectivity index (χ2v) is 8.87. The normalized spacial score (nSPS) is 11.4. The van der Waals surface area contributed by atoms with E-state index in [1.807, 2.05) is 12.1 Å². The number of nitrogens with zero attached hydrogens (tertiary/aromatic N) is 1. The van der Waals surface area contributed by atoms with Crippen LogP contribution in [0.15, 0.2) is 65.7 Å². The van der Waals surface area contributed by atoms with Gasteiger partial charge in [0.25, 0.3) is 10.0 Å². The molecule has 0 atom stereocenters. The summed E-state index contributed by atoms with van der Waals surface area (Å²) in [6.45, 7) is 0.561. The number of hydrogen-bond acceptors (Lipinski definition) is 5. The van der Waals surface area contributed by atoms with Crippen molar-refractivity contribution in [2.45, 2.75) is 43.4 Å². The number of aromatic nitrogens is 1. The number of pyridine rings is 1. The third kappa shape index (κ3) is 6.68. The summed E-state index contributed by atoms with van der Waals surface area (Å²) in [5.74, 6) is -0.0801. The average Bonchev–Trinajstić information content (AvgIpc) is 2.76.